The van der Waals surface area contributed by atoms with E-state index in [0.717, 1.165) is 42.7 Å². The normalized spacial score (nSPS) is 17.0. The van der Waals surface area contributed by atoms with Gasteiger partial charge in [0.05, 0.1) is 33.4 Å². The number of nitro groups is 1. The molecule has 10 nitrogen and oxygen atoms in total. The number of ether oxygens (including phenoxy) is 2. The van der Waals surface area contributed by atoms with Gasteiger partial charge >= 0.3 is 5.97 Å². The van der Waals surface area contributed by atoms with Crippen LogP contribution in [-0.2, 0) is 14.3 Å². The minimum Gasteiger partial charge on any atom is -0.460 e. The molecule has 1 saturated heterocycles. The quantitative estimate of drug-likeness (QED) is 0.160. The molecule has 42 heavy (non-hydrogen) atoms. The molecule has 0 N–H and O–H groups in total. The molecule has 0 amide bonds. The van der Waals surface area contributed by atoms with Crippen molar-refractivity contribution in [2.45, 2.75) is 45.6 Å². The predicted octanol–water partition coefficient (Wildman–Crippen LogP) is 4.06. The molecule has 2 aliphatic rings. The fourth-order valence-electron chi connectivity index (χ4n) is 5.42. The molecule has 1 unspecified atom stereocenters. The minimum absolute atomic E-state index is 0.0444. The van der Waals surface area contributed by atoms with Crippen molar-refractivity contribution in [3.8, 4) is 0 Å². The van der Waals surface area contributed by atoms with Crippen molar-refractivity contribution in [2.24, 2.45) is 4.99 Å². The summed E-state index contributed by atoms with van der Waals surface area (Å²) < 4.78 is 12.4. The molecular weight excluding hydrogens is 556 g/mol. The van der Waals surface area contributed by atoms with Crippen molar-refractivity contribution in [1.82, 2.24) is 4.57 Å². The molecule has 0 spiro atoms. The van der Waals surface area contributed by atoms with Crippen LogP contribution in [0.15, 0.2) is 63.5 Å². The number of nitro benzene ring substituents is 1. The second-order valence-electron chi connectivity index (χ2n) is 10.7. The molecule has 2 aromatic carbocycles. The third-order valence-corrected chi connectivity index (χ3v) is 8.62. The van der Waals surface area contributed by atoms with Crippen molar-refractivity contribution in [2.75, 3.05) is 38.3 Å². The summed E-state index contributed by atoms with van der Waals surface area (Å²) in [6, 6.07) is 11.9. The minimum atomic E-state index is -0.747. The maximum Gasteiger partial charge on any atom is 0.338 e. The Labute approximate surface area is 247 Å². The number of nitrogens with zero attached hydrogens (tertiary/aromatic N) is 4. The van der Waals surface area contributed by atoms with Crippen LogP contribution in [0.4, 0.5) is 11.4 Å². The molecule has 3 heterocycles. The third kappa shape index (κ3) is 5.79. The maximum atomic E-state index is 14.1. The average molecular weight is 591 g/mol. The van der Waals surface area contributed by atoms with Crippen molar-refractivity contribution < 1.29 is 19.2 Å². The number of benzene rings is 2. The molecule has 0 radical (unpaired) electrons. The lowest BCUT2D eigenvalue weighted by Gasteiger charge is -2.25. The van der Waals surface area contributed by atoms with Crippen molar-refractivity contribution in [3.63, 3.8) is 0 Å². The summed E-state index contributed by atoms with van der Waals surface area (Å²) in [5.74, 6) is -0.243. The molecule has 5 rings (SSSR count). The van der Waals surface area contributed by atoms with Crippen molar-refractivity contribution >= 4 is 34.8 Å². The SMILES string of the molecule is COCCOC(=O)C1=C(C)N=c2sc(=Cc3cc([N+](=O)[O-])ccc3N3CCCC3)c(=O)n2C1c1ccc(C(C)C)cc1. The summed E-state index contributed by atoms with van der Waals surface area (Å²) in [6.07, 6.45) is 3.78. The Morgan fingerprint density at radius 3 is 2.52 bits per heavy atom. The first-order valence-electron chi connectivity index (χ1n) is 14.0. The lowest BCUT2D eigenvalue weighted by molar-refractivity contribution is -0.384. The molecule has 220 valence electrons. The lowest BCUT2D eigenvalue weighted by Crippen LogP contribution is -2.40. The van der Waals surface area contributed by atoms with Gasteiger partial charge in [-0.2, -0.15) is 0 Å². The van der Waals surface area contributed by atoms with E-state index in [1.54, 1.807) is 19.1 Å². The Bertz CT molecular complexity index is 1720. The van der Waals surface area contributed by atoms with Gasteiger partial charge < -0.3 is 14.4 Å². The van der Waals surface area contributed by atoms with E-state index in [2.05, 4.69) is 23.7 Å². The van der Waals surface area contributed by atoms with Crippen LogP contribution in [0.1, 0.15) is 62.3 Å². The number of carbonyl (C=O) groups is 1. The van der Waals surface area contributed by atoms with Gasteiger partial charge in [-0.3, -0.25) is 19.5 Å². The maximum absolute atomic E-state index is 14.1. The smallest absolute Gasteiger partial charge is 0.338 e. The highest BCUT2D eigenvalue weighted by Gasteiger charge is 2.33. The Morgan fingerprint density at radius 2 is 1.88 bits per heavy atom. The van der Waals surface area contributed by atoms with Gasteiger partial charge in [0, 0.05) is 43.6 Å². The monoisotopic (exact) mass is 590 g/mol. The summed E-state index contributed by atoms with van der Waals surface area (Å²) in [5.41, 5.74) is 3.73. The highest BCUT2D eigenvalue weighted by molar-refractivity contribution is 7.07. The topological polar surface area (TPSA) is 116 Å². The Kier molecular flexibility index (Phi) is 8.69. The van der Waals surface area contributed by atoms with E-state index in [0.29, 0.717) is 26.5 Å². The number of rotatable bonds is 9. The number of thiazole rings is 1. The summed E-state index contributed by atoms with van der Waals surface area (Å²) in [4.78, 5) is 45.9. The van der Waals surface area contributed by atoms with Crippen LogP contribution in [-0.4, -0.2) is 48.9 Å². The highest BCUT2D eigenvalue weighted by Crippen LogP contribution is 2.32. The van der Waals surface area contributed by atoms with E-state index in [1.165, 1.54) is 35.1 Å². The fourth-order valence-corrected chi connectivity index (χ4v) is 6.45. The highest BCUT2D eigenvalue weighted by atomic mass is 32.1. The van der Waals surface area contributed by atoms with Crippen molar-refractivity contribution in [1.29, 1.82) is 0 Å². The number of non-ortho nitro benzene ring substituents is 1. The van der Waals surface area contributed by atoms with Gasteiger partial charge in [0.15, 0.2) is 4.80 Å². The zero-order valence-corrected chi connectivity index (χ0v) is 25.0. The number of anilines is 1. The molecule has 0 saturated carbocycles. The van der Waals surface area contributed by atoms with Crippen LogP contribution in [0.3, 0.4) is 0 Å². The van der Waals surface area contributed by atoms with Crippen LogP contribution in [0.25, 0.3) is 6.08 Å². The number of methoxy groups -OCH3 is 1. The second-order valence-corrected chi connectivity index (χ2v) is 11.7. The molecule has 1 atom stereocenters. The number of fused-ring (bicyclic) bond motifs is 1. The van der Waals surface area contributed by atoms with E-state index in [-0.39, 0.29) is 30.0 Å². The zero-order valence-electron chi connectivity index (χ0n) is 24.2. The van der Waals surface area contributed by atoms with Gasteiger partial charge in [0.25, 0.3) is 11.2 Å². The van der Waals surface area contributed by atoms with Gasteiger partial charge in [0.2, 0.25) is 0 Å². The number of hydrogen-bond acceptors (Lipinski definition) is 9. The Balaban J connectivity index is 1.68. The largest absolute Gasteiger partial charge is 0.460 e. The standard InChI is InChI=1S/C31H34N4O6S/c1-19(2)21-7-9-22(10-8-21)28-27(30(37)41-16-15-40-4)20(3)32-31-34(28)29(36)26(42-31)18-23-17-24(35(38)39)11-12-25(23)33-13-5-6-14-33/h7-12,17-19,28H,5-6,13-16H2,1-4H3. The first-order chi connectivity index (χ1) is 20.2. The van der Waals surface area contributed by atoms with Crippen LogP contribution in [0.5, 0.6) is 0 Å². The van der Waals surface area contributed by atoms with Crippen LogP contribution in [0.2, 0.25) is 0 Å². The van der Waals surface area contributed by atoms with E-state index >= 15 is 0 Å². The number of carbonyl (C=O) groups excluding carboxylic acids is 1. The van der Waals surface area contributed by atoms with Gasteiger partial charge in [0.1, 0.15) is 6.61 Å². The van der Waals surface area contributed by atoms with Gasteiger partial charge in [-0.25, -0.2) is 9.79 Å². The Hall–Kier alpha value is -4.09. The summed E-state index contributed by atoms with van der Waals surface area (Å²) in [5, 5.41) is 11.6. The average Bonchev–Trinajstić information content (AvgIpc) is 3.61. The van der Waals surface area contributed by atoms with Gasteiger partial charge in [-0.1, -0.05) is 49.4 Å². The summed E-state index contributed by atoms with van der Waals surface area (Å²) in [7, 11) is 1.53. The first kappa shape index (κ1) is 29.4. The first-order valence-corrected chi connectivity index (χ1v) is 14.8. The second kappa shape index (κ2) is 12.4. The Morgan fingerprint density at radius 1 is 1.17 bits per heavy atom. The fraction of sp³-hybridized carbons (Fsp3) is 0.387. The van der Waals surface area contributed by atoms with E-state index in [9.17, 15) is 19.7 Å². The number of esters is 1. The van der Waals surface area contributed by atoms with E-state index < -0.39 is 16.9 Å². The number of aromatic nitrogens is 1. The third-order valence-electron chi connectivity index (χ3n) is 7.64. The lowest BCUT2D eigenvalue weighted by atomic mass is 9.93. The van der Waals surface area contributed by atoms with E-state index in [1.807, 2.05) is 24.3 Å². The predicted molar refractivity (Wildman–Crippen MR) is 162 cm³/mol. The zero-order chi connectivity index (χ0) is 30.0. The summed E-state index contributed by atoms with van der Waals surface area (Å²) >= 11 is 1.20. The molecule has 0 aliphatic carbocycles. The number of allylic oxidation sites excluding steroid dienone is 1. The van der Waals surface area contributed by atoms with Crippen LogP contribution < -0.4 is 19.8 Å². The van der Waals surface area contributed by atoms with Crippen molar-refractivity contribution in [3.05, 3.63) is 100 Å². The number of hydrogen-bond donors (Lipinski definition) is 0. The molecular formula is C31H34N4O6S. The molecule has 1 aromatic heterocycles. The molecule has 3 aromatic rings. The van der Waals surface area contributed by atoms with Crippen LogP contribution in [0, 0.1) is 10.1 Å². The molecule has 1 fully saturated rings. The van der Waals surface area contributed by atoms with E-state index in [4.69, 9.17) is 9.47 Å². The molecule has 11 heteroatoms. The van der Waals surface area contributed by atoms with Gasteiger partial charge in [-0.05, 0) is 49.0 Å². The summed E-state index contributed by atoms with van der Waals surface area (Å²) in [6.45, 7) is 7.96. The molecule has 2 aliphatic heterocycles. The van der Waals surface area contributed by atoms with Crippen LogP contribution >= 0.6 is 11.3 Å². The van der Waals surface area contributed by atoms with Gasteiger partial charge in [-0.15, -0.1) is 0 Å². The molecule has 0 bridgehead atoms.